The van der Waals surface area contributed by atoms with Gasteiger partial charge in [0.2, 0.25) is 6.23 Å². The predicted molar refractivity (Wildman–Crippen MR) is 52.8 cm³/mol. The number of aliphatic hydroxyl groups is 4. The third kappa shape index (κ3) is 3.68. The van der Waals surface area contributed by atoms with Gasteiger partial charge in [-0.05, 0) is 0 Å². The highest BCUT2D eigenvalue weighted by atomic mass is 35.5. The van der Waals surface area contributed by atoms with Crippen LogP contribution in [0.1, 0.15) is 0 Å². The van der Waals surface area contributed by atoms with Crippen molar-refractivity contribution >= 4 is 11.6 Å². The first-order chi connectivity index (χ1) is 6.66. The van der Waals surface area contributed by atoms with Crippen LogP contribution in [-0.2, 0) is 0 Å². The Morgan fingerprint density at radius 1 is 0.929 bits per heavy atom. The van der Waals surface area contributed by atoms with Gasteiger partial charge in [0.05, 0.1) is 19.8 Å². The summed E-state index contributed by atoms with van der Waals surface area (Å²) in [7, 11) is 0. The van der Waals surface area contributed by atoms with Gasteiger partial charge in [-0.25, -0.2) is 0 Å². The van der Waals surface area contributed by atoms with E-state index in [2.05, 4.69) is 0 Å². The molecule has 0 aliphatic heterocycles. The molecule has 0 radical (unpaired) electrons. The molecule has 0 fully saturated rings. The van der Waals surface area contributed by atoms with Crippen molar-refractivity contribution in [3.05, 3.63) is 0 Å². The van der Waals surface area contributed by atoms with Crippen LogP contribution < -0.4 is 0 Å². The summed E-state index contributed by atoms with van der Waals surface area (Å²) in [6, 6.07) is 0. The molecular weight excluding hydrogens is 210 g/mol. The number of alkyl halides is 1. The average molecular weight is 229 g/mol. The van der Waals surface area contributed by atoms with Gasteiger partial charge < -0.3 is 20.4 Å². The lowest BCUT2D eigenvalue weighted by atomic mass is 10.3. The van der Waals surface area contributed by atoms with E-state index in [1.54, 1.807) is 0 Å². The van der Waals surface area contributed by atoms with Crippen LogP contribution in [0.5, 0.6) is 0 Å². The van der Waals surface area contributed by atoms with Gasteiger partial charge in [0, 0.05) is 0 Å². The smallest absolute Gasteiger partial charge is 0.204 e. The van der Waals surface area contributed by atoms with Crippen LogP contribution in [0.3, 0.4) is 0 Å². The van der Waals surface area contributed by atoms with Crippen LogP contribution in [0.2, 0.25) is 0 Å². The fourth-order valence-corrected chi connectivity index (χ4v) is 1.82. The highest BCUT2D eigenvalue weighted by molar-refractivity contribution is 6.18. The van der Waals surface area contributed by atoms with Crippen molar-refractivity contribution < 1.29 is 24.9 Å². The van der Waals surface area contributed by atoms with Crippen molar-refractivity contribution in [3.8, 4) is 0 Å². The third-order valence-electron chi connectivity index (χ3n) is 2.41. The summed E-state index contributed by atoms with van der Waals surface area (Å²) in [6.07, 6.45) is -0.872. The maximum absolute atomic E-state index is 9.67. The first kappa shape index (κ1) is 14.1. The van der Waals surface area contributed by atoms with Gasteiger partial charge in [0.1, 0.15) is 25.5 Å². The van der Waals surface area contributed by atoms with E-state index in [0.29, 0.717) is 0 Å². The van der Waals surface area contributed by atoms with Crippen LogP contribution in [0.4, 0.5) is 0 Å². The molecule has 1 atom stereocenters. The van der Waals surface area contributed by atoms with Crippen LogP contribution in [-0.4, -0.2) is 76.5 Å². The molecule has 1 unspecified atom stereocenters. The van der Waals surface area contributed by atoms with Gasteiger partial charge in [-0.2, -0.15) is 0 Å². The molecule has 14 heavy (non-hydrogen) atoms. The summed E-state index contributed by atoms with van der Waals surface area (Å²) in [5, 5.41) is 36.3. The van der Waals surface area contributed by atoms with E-state index < -0.39 is 6.23 Å². The molecule has 4 N–H and O–H groups in total. The molecule has 0 aromatic heterocycles. The van der Waals surface area contributed by atoms with Crippen molar-refractivity contribution in [1.29, 1.82) is 0 Å². The normalized spacial score (nSPS) is 14.4. The van der Waals surface area contributed by atoms with Gasteiger partial charge in [0.25, 0.3) is 0 Å². The lowest BCUT2D eigenvalue weighted by Gasteiger charge is -2.40. The Labute approximate surface area is 88.7 Å². The lowest BCUT2D eigenvalue weighted by molar-refractivity contribution is -0.969. The number of hydrogen-bond acceptors (Lipinski definition) is 4. The Hall–Kier alpha value is 0.0900. The summed E-state index contributed by atoms with van der Waals surface area (Å²) in [5.74, 6) is 0.0139. The number of quaternary nitrogens is 1. The highest BCUT2D eigenvalue weighted by Crippen LogP contribution is 2.12. The monoisotopic (exact) mass is 228 g/mol. The van der Waals surface area contributed by atoms with E-state index in [1.807, 2.05) is 0 Å². The molecule has 86 valence electrons. The Morgan fingerprint density at radius 2 is 1.29 bits per heavy atom. The first-order valence-corrected chi connectivity index (χ1v) is 5.12. The van der Waals surface area contributed by atoms with E-state index in [4.69, 9.17) is 26.9 Å². The number of halogens is 1. The second-order valence-corrected chi connectivity index (χ2v) is 3.50. The zero-order valence-corrected chi connectivity index (χ0v) is 8.90. The Morgan fingerprint density at radius 3 is 1.50 bits per heavy atom. The maximum Gasteiger partial charge on any atom is 0.204 e. The van der Waals surface area contributed by atoms with Gasteiger partial charge in [-0.15, -0.1) is 11.6 Å². The molecule has 0 aliphatic carbocycles. The van der Waals surface area contributed by atoms with Crippen molar-refractivity contribution in [3.63, 3.8) is 0 Å². The number of nitrogens with zero attached hydrogens (tertiary/aromatic N) is 1. The zero-order chi connectivity index (χ0) is 11.0. The topological polar surface area (TPSA) is 80.9 Å². The number of rotatable bonds is 8. The first-order valence-electron chi connectivity index (χ1n) is 4.59. The molecule has 0 bridgehead atoms. The lowest BCUT2D eigenvalue weighted by Crippen LogP contribution is -2.60. The average Bonchev–Trinajstić information content (AvgIpc) is 2.17. The molecule has 0 spiro atoms. The summed E-state index contributed by atoms with van der Waals surface area (Å²) >= 11 is 5.53. The largest absolute Gasteiger partial charge is 0.391 e. The molecule has 0 aromatic carbocycles. The molecule has 0 heterocycles. The second-order valence-electron chi connectivity index (χ2n) is 3.20. The quantitative estimate of drug-likeness (QED) is 0.228. The molecule has 0 aliphatic rings. The van der Waals surface area contributed by atoms with E-state index in [0.717, 1.165) is 0 Å². The molecule has 0 aromatic rings. The fourth-order valence-electron chi connectivity index (χ4n) is 1.53. The summed E-state index contributed by atoms with van der Waals surface area (Å²) in [6.45, 7) is 0.467. The molecule has 6 heteroatoms. The van der Waals surface area contributed by atoms with Crippen LogP contribution in [0.15, 0.2) is 0 Å². The zero-order valence-electron chi connectivity index (χ0n) is 8.14. The van der Waals surface area contributed by atoms with E-state index >= 15 is 0 Å². The molecule has 0 saturated heterocycles. The minimum atomic E-state index is -0.872. The fraction of sp³-hybridized carbons (Fsp3) is 1.00. The Bertz CT molecular complexity index is 130. The number of aliphatic hydroxyl groups excluding tert-OH is 4. The second kappa shape index (κ2) is 7.39. The third-order valence-corrected chi connectivity index (χ3v) is 2.68. The van der Waals surface area contributed by atoms with Gasteiger partial charge in [-0.3, -0.25) is 4.48 Å². The molecule has 0 amide bonds. The van der Waals surface area contributed by atoms with E-state index in [1.165, 1.54) is 0 Å². The van der Waals surface area contributed by atoms with Crippen molar-refractivity contribution in [1.82, 2.24) is 0 Å². The van der Waals surface area contributed by atoms with Gasteiger partial charge in [-0.1, -0.05) is 0 Å². The maximum atomic E-state index is 9.67. The minimum Gasteiger partial charge on any atom is -0.391 e. The van der Waals surface area contributed by atoms with Crippen molar-refractivity contribution in [2.45, 2.75) is 6.23 Å². The van der Waals surface area contributed by atoms with Crippen LogP contribution in [0, 0.1) is 0 Å². The molecular formula is C8H19ClNO4+. The standard InChI is InChI=1S/C8H19ClNO4/c9-7-8(14)10(1-4-11,2-5-12)3-6-13/h8,11-14H,1-7H2/q+1. The Kier molecular flexibility index (Phi) is 7.44. The minimum absolute atomic E-state index is 0.0139. The van der Waals surface area contributed by atoms with Gasteiger partial charge in [0.15, 0.2) is 0 Å². The molecule has 0 saturated carbocycles. The van der Waals surface area contributed by atoms with E-state index in [9.17, 15) is 5.11 Å². The Balaban J connectivity index is 4.53. The molecule has 0 rings (SSSR count). The van der Waals surface area contributed by atoms with Gasteiger partial charge >= 0.3 is 0 Å². The highest BCUT2D eigenvalue weighted by Gasteiger charge is 2.33. The van der Waals surface area contributed by atoms with Crippen LogP contribution >= 0.6 is 11.6 Å². The SMILES string of the molecule is OCC[N+](CCO)(CCO)C(O)CCl. The summed E-state index contributed by atoms with van der Waals surface area (Å²) in [4.78, 5) is 0. The van der Waals surface area contributed by atoms with Crippen molar-refractivity contribution in [2.24, 2.45) is 0 Å². The van der Waals surface area contributed by atoms with E-state index in [-0.39, 0.29) is 49.8 Å². The van der Waals surface area contributed by atoms with Crippen molar-refractivity contribution in [2.75, 3.05) is 45.3 Å². The summed E-state index contributed by atoms with van der Waals surface area (Å²) < 4.78 is 0.0347. The van der Waals surface area contributed by atoms with Crippen LogP contribution in [0.25, 0.3) is 0 Å². The molecule has 5 nitrogen and oxygen atoms in total. The number of hydrogen-bond donors (Lipinski definition) is 4. The predicted octanol–water partition coefficient (Wildman–Crippen LogP) is -1.66. The summed E-state index contributed by atoms with van der Waals surface area (Å²) in [5.41, 5.74) is 0.